The molecule has 0 radical (unpaired) electrons. The summed E-state index contributed by atoms with van der Waals surface area (Å²) in [6.45, 7) is 2.04. The lowest BCUT2D eigenvalue weighted by molar-refractivity contribution is 0.0409. The minimum absolute atomic E-state index is 0.114. The zero-order valence-corrected chi connectivity index (χ0v) is 18.7. The van der Waals surface area contributed by atoms with Gasteiger partial charge in [0.25, 0.3) is 0 Å². The normalized spacial score (nSPS) is 26.7. The number of rotatable bonds is 11. The second-order valence-electron chi connectivity index (χ2n) is 7.80. The van der Waals surface area contributed by atoms with E-state index in [0.717, 1.165) is 37.0 Å². The summed E-state index contributed by atoms with van der Waals surface area (Å²) >= 11 is 7.94. The fourth-order valence-corrected chi connectivity index (χ4v) is 5.37. The van der Waals surface area contributed by atoms with Crippen molar-refractivity contribution in [1.29, 1.82) is 0 Å². The number of methoxy groups -OCH3 is 1. The van der Waals surface area contributed by atoms with Crippen molar-refractivity contribution >= 4 is 28.9 Å². The van der Waals surface area contributed by atoms with Crippen molar-refractivity contribution in [2.24, 2.45) is 11.8 Å². The van der Waals surface area contributed by atoms with Gasteiger partial charge >= 0.3 is 5.97 Å². The molecule has 1 aliphatic carbocycles. The Morgan fingerprint density at radius 3 is 2.83 bits per heavy atom. The molecule has 2 rings (SSSR count). The Morgan fingerprint density at radius 1 is 1.38 bits per heavy atom. The van der Waals surface area contributed by atoms with Crippen LogP contribution in [0.2, 0.25) is 0 Å². The van der Waals surface area contributed by atoms with Gasteiger partial charge in [0.2, 0.25) is 0 Å². The number of carbonyl (C=O) groups is 1. The van der Waals surface area contributed by atoms with Crippen LogP contribution in [-0.2, 0) is 11.2 Å². The summed E-state index contributed by atoms with van der Waals surface area (Å²) in [4.78, 5) is 13.3. The fourth-order valence-electron chi connectivity index (χ4n) is 3.92. The summed E-state index contributed by atoms with van der Waals surface area (Å²) < 4.78 is 4.74. The van der Waals surface area contributed by atoms with E-state index in [1.165, 1.54) is 18.4 Å². The Balaban J connectivity index is 1.89. The smallest absolute Gasteiger partial charge is 0.348 e. The van der Waals surface area contributed by atoms with Crippen LogP contribution in [0.5, 0.6) is 0 Å². The molecule has 7 heteroatoms. The molecule has 0 spiro atoms. The van der Waals surface area contributed by atoms with E-state index in [0.29, 0.717) is 17.7 Å². The molecule has 1 saturated carbocycles. The van der Waals surface area contributed by atoms with Gasteiger partial charge in [0.05, 0.1) is 25.4 Å². The molecule has 0 aromatic carbocycles. The summed E-state index contributed by atoms with van der Waals surface area (Å²) in [6.07, 6.45) is 6.71. The molecule has 164 valence electrons. The Morgan fingerprint density at radius 2 is 2.14 bits per heavy atom. The third kappa shape index (κ3) is 7.07. The molecule has 5 nitrogen and oxygen atoms in total. The Kier molecular flexibility index (Phi) is 10.1. The monoisotopic (exact) mass is 444 g/mol. The maximum absolute atomic E-state index is 11.6. The Hall–Kier alpha value is -0.920. The van der Waals surface area contributed by atoms with Crippen LogP contribution in [0.15, 0.2) is 24.3 Å². The number of aliphatic hydroxyl groups excluding tert-OH is 3. The third-order valence-electron chi connectivity index (χ3n) is 5.66. The highest BCUT2D eigenvalue weighted by molar-refractivity contribution is 7.13. The van der Waals surface area contributed by atoms with Crippen LogP contribution in [0.3, 0.4) is 0 Å². The van der Waals surface area contributed by atoms with Gasteiger partial charge in [-0.15, -0.1) is 22.9 Å². The number of halogens is 1. The van der Waals surface area contributed by atoms with Gasteiger partial charge in [-0.25, -0.2) is 4.79 Å². The van der Waals surface area contributed by atoms with Crippen molar-refractivity contribution in [3.63, 3.8) is 0 Å². The predicted octanol–water partition coefficient (Wildman–Crippen LogP) is 3.93. The summed E-state index contributed by atoms with van der Waals surface area (Å²) in [5, 5.41) is 30.4. The number of hydrogen-bond donors (Lipinski definition) is 3. The molecule has 0 saturated heterocycles. The number of unbranched alkanes of at least 4 members (excludes halogenated alkanes) is 1. The van der Waals surface area contributed by atoms with Crippen molar-refractivity contribution in [1.82, 2.24) is 0 Å². The summed E-state index contributed by atoms with van der Waals surface area (Å²) in [5.74, 6) is -0.326. The zero-order valence-electron chi connectivity index (χ0n) is 17.2. The SMILES string of the molecule is CCCCC(O)[C@H](O)/C=C/[C@@H]1[C@@H](CCCc2ccc(C(=O)OC)s2)[C@H](Cl)C[C@H]1O. The minimum Gasteiger partial charge on any atom is -0.465 e. The van der Waals surface area contributed by atoms with Gasteiger partial charge in [-0.2, -0.15) is 0 Å². The van der Waals surface area contributed by atoms with Crippen molar-refractivity contribution in [2.45, 2.75) is 75.6 Å². The highest BCUT2D eigenvalue weighted by atomic mass is 35.5. The standard InChI is InChI=1S/C22H33ClO5S/c1-3-4-8-18(24)19(25)11-10-16-15(17(23)13-20(16)26)7-5-6-14-9-12-21(29-14)22(27)28-2/h9-12,15-20,24-26H,3-8,13H2,1-2H3/b11-10+/t15-,16-,17-,18?,19-,20-/m1/s1. The first kappa shape index (κ1) is 24.4. The van der Waals surface area contributed by atoms with Crippen LogP contribution >= 0.6 is 22.9 Å². The first-order valence-corrected chi connectivity index (χ1v) is 11.7. The van der Waals surface area contributed by atoms with Gasteiger partial charge in [-0.1, -0.05) is 31.9 Å². The highest BCUT2D eigenvalue weighted by Crippen LogP contribution is 2.40. The van der Waals surface area contributed by atoms with Crippen molar-refractivity contribution < 1.29 is 24.9 Å². The van der Waals surface area contributed by atoms with E-state index in [-0.39, 0.29) is 23.2 Å². The lowest BCUT2D eigenvalue weighted by Gasteiger charge is -2.21. The van der Waals surface area contributed by atoms with Gasteiger partial charge in [-0.05, 0) is 50.2 Å². The number of ether oxygens (including phenoxy) is 1. The number of esters is 1. The summed E-state index contributed by atoms with van der Waals surface area (Å²) in [6, 6.07) is 3.73. The predicted molar refractivity (Wildman–Crippen MR) is 117 cm³/mol. The number of alkyl halides is 1. The second-order valence-corrected chi connectivity index (χ2v) is 9.52. The highest BCUT2D eigenvalue weighted by Gasteiger charge is 2.39. The first-order chi connectivity index (χ1) is 13.9. The fraction of sp³-hybridized carbons (Fsp3) is 0.682. The molecule has 6 atom stereocenters. The van der Waals surface area contributed by atoms with E-state index >= 15 is 0 Å². The van der Waals surface area contributed by atoms with E-state index in [2.05, 4.69) is 0 Å². The zero-order chi connectivity index (χ0) is 21.4. The number of aliphatic hydroxyl groups is 3. The van der Waals surface area contributed by atoms with E-state index in [1.54, 1.807) is 12.1 Å². The number of aryl methyl sites for hydroxylation is 1. The average molecular weight is 445 g/mol. The second kappa shape index (κ2) is 12.1. The molecule has 0 bridgehead atoms. The molecule has 1 fully saturated rings. The van der Waals surface area contributed by atoms with Gasteiger partial charge in [0.1, 0.15) is 4.88 Å². The van der Waals surface area contributed by atoms with Crippen LogP contribution in [0.1, 0.15) is 60.0 Å². The topological polar surface area (TPSA) is 87.0 Å². The molecule has 1 aromatic heterocycles. The lowest BCUT2D eigenvalue weighted by atomic mass is 9.88. The van der Waals surface area contributed by atoms with Crippen LogP contribution in [0.25, 0.3) is 0 Å². The number of thiophene rings is 1. The van der Waals surface area contributed by atoms with Crippen LogP contribution < -0.4 is 0 Å². The van der Waals surface area contributed by atoms with E-state index in [4.69, 9.17) is 16.3 Å². The van der Waals surface area contributed by atoms with Gasteiger partial charge in [0, 0.05) is 16.2 Å². The third-order valence-corrected chi connectivity index (χ3v) is 7.28. The average Bonchev–Trinajstić information content (AvgIpc) is 3.28. The summed E-state index contributed by atoms with van der Waals surface area (Å²) in [7, 11) is 1.38. The van der Waals surface area contributed by atoms with Crippen molar-refractivity contribution in [3.8, 4) is 0 Å². The van der Waals surface area contributed by atoms with Gasteiger partial charge < -0.3 is 20.1 Å². The molecule has 1 aromatic rings. The molecule has 0 aliphatic heterocycles. The maximum atomic E-state index is 11.6. The van der Waals surface area contributed by atoms with Crippen LogP contribution in [0, 0.1) is 11.8 Å². The van der Waals surface area contributed by atoms with Crippen molar-refractivity contribution in [2.75, 3.05) is 7.11 Å². The Labute approximate surface area is 182 Å². The molecule has 1 aliphatic rings. The molecular formula is C22H33ClO5S. The quantitative estimate of drug-likeness (QED) is 0.273. The van der Waals surface area contributed by atoms with E-state index in [1.807, 2.05) is 19.1 Å². The maximum Gasteiger partial charge on any atom is 0.348 e. The molecule has 1 heterocycles. The van der Waals surface area contributed by atoms with E-state index in [9.17, 15) is 20.1 Å². The number of hydrogen-bond acceptors (Lipinski definition) is 6. The molecule has 3 N–H and O–H groups in total. The Bertz CT molecular complexity index is 661. The van der Waals surface area contributed by atoms with Crippen LogP contribution in [0.4, 0.5) is 0 Å². The minimum atomic E-state index is -0.924. The van der Waals surface area contributed by atoms with Crippen molar-refractivity contribution in [3.05, 3.63) is 34.0 Å². The molecular weight excluding hydrogens is 412 g/mol. The van der Waals surface area contributed by atoms with Crippen LogP contribution in [-0.4, -0.2) is 52.1 Å². The largest absolute Gasteiger partial charge is 0.465 e. The number of carbonyl (C=O) groups excluding carboxylic acids is 1. The lowest BCUT2D eigenvalue weighted by Crippen LogP contribution is -2.25. The molecule has 1 unspecified atom stereocenters. The molecule has 0 amide bonds. The molecule has 29 heavy (non-hydrogen) atoms. The van der Waals surface area contributed by atoms with E-state index < -0.39 is 18.3 Å². The summed E-state index contributed by atoms with van der Waals surface area (Å²) in [5.41, 5.74) is 0. The first-order valence-electron chi connectivity index (χ1n) is 10.4. The van der Waals surface area contributed by atoms with Gasteiger partial charge in [-0.3, -0.25) is 0 Å². The van der Waals surface area contributed by atoms with Gasteiger partial charge in [0.15, 0.2) is 0 Å².